The maximum atomic E-state index is 11.7. The van der Waals surface area contributed by atoms with Crippen molar-refractivity contribution in [1.29, 1.82) is 0 Å². The molecule has 11 heteroatoms. The summed E-state index contributed by atoms with van der Waals surface area (Å²) in [4.78, 5) is 0. The third-order valence-electron chi connectivity index (χ3n) is 1.79. The van der Waals surface area contributed by atoms with Gasteiger partial charge in [0.1, 0.15) is 0 Å². The lowest BCUT2D eigenvalue weighted by molar-refractivity contribution is 0.563. The zero-order chi connectivity index (χ0) is 14.6. The van der Waals surface area contributed by atoms with E-state index in [1.165, 1.54) is 7.05 Å². The Kier molecular flexibility index (Phi) is 7.62. The first-order chi connectivity index (χ1) is 7.90. The predicted octanol–water partition coefficient (Wildman–Crippen LogP) is 2.05. The molecule has 0 aliphatic rings. The van der Waals surface area contributed by atoms with Crippen LogP contribution in [0.3, 0.4) is 0 Å². The number of hydrogen-bond donors (Lipinski definition) is 0. The minimum absolute atomic E-state index is 0.0379. The fraction of sp³-hybridized carbons (Fsp3) is 1.00. The predicted molar refractivity (Wildman–Crippen MR) is 78.4 cm³/mol. The minimum Gasteiger partial charge on any atom is -0.229 e. The van der Waals surface area contributed by atoms with Crippen molar-refractivity contribution >= 4 is 66.6 Å². The van der Waals surface area contributed by atoms with Gasteiger partial charge in [-0.05, 0) is 18.4 Å². The summed E-state index contributed by atoms with van der Waals surface area (Å²) < 4.78 is 45.2. The van der Waals surface area contributed by atoms with Crippen LogP contribution in [0, 0.1) is 0 Å². The largest absolute Gasteiger partial charge is 0.252 e. The molecule has 0 fully saturated rings. The molecule has 0 rings (SSSR count). The minimum atomic E-state index is -3.78. The van der Waals surface area contributed by atoms with Gasteiger partial charge < -0.3 is 0 Å². The molecule has 0 N–H and O–H groups in total. The summed E-state index contributed by atoms with van der Waals surface area (Å²) in [6.07, 6.45) is 0.446. The molecule has 0 saturated heterocycles. The van der Waals surface area contributed by atoms with Gasteiger partial charge in [-0.1, -0.05) is 41.7 Å². The molecule has 5 nitrogen and oxygen atoms in total. The molecular weight excluding hydrogens is 365 g/mol. The van der Waals surface area contributed by atoms with E-state index >= 15 is 0 Å². The van der Waals surface area contributed by atoms with Gasteiger partial charge in [-0.15, -0.1) is 3.71 Å². The number of hydrogen-bond acceptors (Lipinski definition) is 5. The highest BCUT2D eigenvalue weighted by atomic mass is 35.6. The van der Waals surface area contributed by atoms with Crippen LogP contribution >= 0.6 is 46.8 Å². The summed E-state index contributed by atoms with van der Waals surface area (Å²) in [5.41, 5.74) is 0. The second-order valence-electron chi connectivity index (χ2n) is 3.41. The molecule has 0 aromatic carbocycles. The SMILES string of the molecule is CCCS(=O)(=O)CCS(=O)(=O)N(C)SC(Cl)(Cl)Cl. The van der Waals surface area contributed by atoms with E-state index in [4.69, 9.17) is 34.8 Å². The molecule has 0 aliphatic heterocycles. The Morgan fingerprint density at radius 3 is 1.94 bits per heavy atom. The molecule has 0 aromatic rings. The second kappa shape index (κ2) is 7.19. The zero-order valence-electron chi connectivity index (χ0n) is 9.77. The lowest BCUT2D eigenvalue weighted by Gasteiger charge is -2.19. The van der Waals surface area contributed by atoms with Crippen LogP contribution in [0.15, 0.2) is 0 Å². The van der Waals surface area contributed by atoms with Crippen LogP contribution in [0.5, 0.6) is 0 Å². The molecule has 0 unspecified atom stereocenters. The van der Waals surface area contributed by atoms with Crippen LogP contribution in [0.2, 0.25) is 0 Å². The first-order valence-electron chi connectivity index (χ1n) is 4.82. The number of sulfonamides is 1. The third kappa shape index (κ3) is 8.29. The highest BCUT2D eigenvalue weighted by Gasteiger charge is 2.30. The van der Waals surface area contributed by atoms with E-state index in [0.717, 1.165) is 3.71 Å². The van der Waals surface area contributed by atoms with Crippen molar-refractivity contribution in [3.8, 4) is 0 Å². The van der Waals surface area contributed by atoms with Gasteiger partial charge in [-0.3, -0.25) is 0 Å². The van der Waals surface area contributed by atoms with Gasteiger partial charge in [0.05, 0.1) is 11.5 Å². The maximum absolute atomic E-state index is 11.7. The molecule has 110 valence electrons. The van der Waals surface area contributed by atoms with Crippen LogP contribution in [-0.4, -0.2) is 48.0 Å². The average Bonchev–Trinajstić information content (AvgIpc) is 2.12. The smallest absolute Gasteiger partial charge is 0.229 e. The quantitative estimate of drug-likeness (QED) is 0.501. The van der Waals surface area contributed by atoms with E-state index < -0.39 is 34.5 Å². The summed E-state index contributed by atoms with van der Waals surface area (Å²) in [5.74, 6) is -1.00. The van der Waals surface area contributed by atoms with Crippen LogP contribution < -0.4 is 0 Å². The highest BCUT2D eigenvalue weighted by Crippen LogP contribution is 2.41. The van der Waals surface area contributed by atoms with Gasteiger partial charge in [0.15, 0.2) is 9.84 Å². The molecule has 0 spiro atoms. The normalized spacial score (nSPS) is 14.1. The summed E-state index contributed by atoms with van der Waals surface area (Å²) >= 11 is 16.8. The summed E-state index contributed by atoms with van der Waals surface area (Å²) in [5, 5.41) is 0. The van der Waals surface area contributed by atoms with Gasteiger partial charge >= 0.3 is 0 Å². The Morgan fingerprint density at radius 1 is 1.06 bits per heavy atom. The van der Waals surface area contributed by atoms with Crippen molar-refractivity contribution in [2.24, 2.45) is 0 Å². The first kappa shape index (κ1) is 19.1. The summed E-state index contributed by atoms with van der Waals surface area (Å²) in [7, 11) is -5.93. The van der Waals surface area contributed by atoms with E-state index in [1.54, 1.807) is 6.92 Å². The first-order valence-corrected chi connectivity index (χ1v) is 10.2. The van der Waals surface area contributed by atoms with E-state index in [0.29, 0.717) is 18.4 Å². The standard InChI is InChI=1S/C7H14Cl3NO4S3/c1-3-4-17(12,13)5-6-18(14,15)11(2)16-7(8,9)10/h3-6H2,1-2H3. The average molecular weight is 379 g/mol. The van der Waals surface area contributed by atoms with Crippen molar-refractivity contribution in [2.45, 2.75) is 16.5 Å². The van der Waals surface area contributed by atoms with Gasteiger partial charge in [-0.2, -0.15) is 0 Å². The molecular formula is C7H14Cl3NO4S3. The number of rotatable bonds is 7. The fourth-order valence-corrected chi connectivity index (χ4v) is 6.52. The van der Waals surface area contributed by atoms with Crippen molar-refractivity contribution < 1.29 is 16.8 Å². The zero-order valence-corrected chi connectivity index (χ0v) is 14.5. The lowest BCUT2D eigenvalue weighted by atomic mass is 10.6. The Morgan fingerprint density at radius 2 is 1.56 bits per heavy atom. The second-order valence-corrected chi connectivity index (χ2v) is 12.4. The molecule has 0 heterocycles. The Hall–Kier alpha value is 1.08. The van der Waals surface area contributed by atoms with Gasteiger partial charge in [0, 0.05) is 12.8 Å². The molecule has 0 saturated carbocycles. The topological polar surface area (TPSA) is 71.5 Å². The Balaban J connectivity index is 4.59. The molecule has 0 aromatic heterocycles. The van der Waals surface area contributed by atoms with Crippen LogP contribution in [0.1, 0.15) is 13.3 Å². The maximum Gasteiger partial charge on any atom is 0.252 e. The number of halogens is 3. The van der Waals surface area contributed by atoms with E-state index in [-0.39, 0.29) is 5.75 Å². The fourth-order valence-electron chi connectivity index (χ4n) is 0.976. The highest BCUT2D eigenvalue weighted by molar-refractivity contribution is 8.11. The van der Waals surface area contributed by atoms with Crippen molar-refractivity contribution in [3.05, 3.63) is 0 Å². The van der Waals surface area contributed by atoms with Crippen LogP contribution in [-0.2, 0) is 19.9 Å². The molecule has 0 atom stereocenters. The van der Waals surface area contributed by atoms with E-state index in [2.05, 4.69) is 0 Å². The summed E-state index contributed by atoms with van der Waals surface area (Å²) in [6.45, 7) is 1.71. The molecule has 0 aliphatic carbocycles. The molecule has 18 heavy (non-hydrogen) atoms. The summed E-state index contributed by atoms with van der Waals surface area (Å²) in [6, 6.07) is 0. The van der Waals surface area contributed by atoms with Gasteiger partial charge in [-0.25, -0.2) is 16.8 Å². The number of sulfone groups is 1. The number of alkyl halides is 3. The van der Waals surface area contributed by atoms with Gasteiger partial charge in [0.25, 0.3) is 3.12 Å². The third-order valence-corrected chi connectivity index (χ3v) is 7.40. The van der Waals surface area contributed by atoms with E-state index in [9.17, 15) is 16.8 Å². The van der Waals surface area contributed by atoms with Crippen molar-refractivity contribution in [1.82, 2.24) is 3.71 Å². The Bertz CT molecular complexity index is 457. The van der Waals surface area contributed by atoms with E-state index in [1.807, 2.05) is 0 Å². The van der Waals surface area contributed by atoms with Crippen LogP contribution in [0.25, 0.3) is 0 Å². The lowest BCUT2D eigenvalue weighted by Crippen LogP contribution is -2.29. The molecule has 0 amide bonds. The molecule has 0 radical (unpaired) electrons. The molecule has 0 bridgehead atoms. The van der Waals surface area contributed by atoms with Crippen molar-refractivity contribution in [2.75, 3.05) is 24.3 Å². The number of nitrogens with zero attached hydrogens (tertiary/aromatic N) is 1. The van der Waals surface area contributed by atoms with Gasteiger partial charge in [0.2, 0.25) is 10.0 Å². The van der Waals surface area contributed by atoms with Crippen LogP contribution in [0.4, 0.5) is 0 Å². The Labute approximate surface area is 127 Å². The monoisotopic (exact) mass is 377 g/mol. The van der Waals surface area contributed by atoms with Crippen molar-refractivity contribution in [3.63, 3.8) is 0 Å².